The molecule has 20 heavy (non-hydrogen) atoms. The van der Waals surface area contributed by atoms with Crippen molar-refractivity contribution in [3.63, 3.8) is 0 Å². The number of nitrogens with two attached hydrogens (primary N) is 1. The highest BCUT2D eigenvalue weighted by atomic mass is 16.5. The number of carbonyl (C=O) groups is 2. The Balaban J connectivity index is 2.47. The van der Waals surface area contributed by atoms with Gasteiger partial charge in [-0.05, 0) is 13.8 Å². The van der Waals surface area contributed by atoms with Gasteiger partial charge in [0.1, 0.15) is 12.1 Å². The first kappa shape index (κ1) is 13.9. The molecule has 0 spiro atoms. The second-order valence-electron chi connectivity index (χ2n) is 4.61. The summed E-state index contributed by atoms with van der Waals surface area (Å²) in [6.07, 6.45) is 0. The summed E-state index contributed by atoms with van der Waals surface area (Å²) in [6, 6.07) is 0.0252. The fourth-order valence-electron chi connectivity index (χ4n) is 1.73. The molecule has 10 heteroatoms. The number of hydrogen-bond acceptors (Lipinski definition) is 9. The van der Waals surface area contributed by atoms with E-state index in [2.05, 4.69) is 25.7 Å². The van der Waals surface area contributed by atoms with E-state index in [1.54, 1.807) is 13.8 Å². The summed E-state index contributed by atoms with van der Waals surface area (Å²) in [5, 5.41) is 2.26. The van der Waals surface area contributed by atoms with Crippen molar-refractivity contribution in [1.29, 1.82) is 0 Å². The van der Waals surface area contributed by atoms with Crippen LogP contribution in [0.25, 0.3) is 0 Å². The first-order valence-electron chi connectivity index (χ1n) is 5.77. The molecule has 2 heterocycles. The third-order valence-corrected chi connectivity index (χ3v) is 2.94. The van der Waals surface area contributed by atoms with Gasteiger partial charge in [-0.2, -0.15) is 15.0 Å². The van der Waals surface area contributed by atoms with E-state index in [4.69, 9.17) is 10.6 Å². The van der Waals surface area contributed by atoms with E-state index < -0.39 is 17.4 Å². The van der Waals surface area contributed by atoms with Gasteiger partial charge >= 0.3 is 6.01 Å². The molecule has 10 nitrogen and oxygen atoms in total. The van der Waals surface area contributed by atoms with Gasteiger partial charge in [-0.15, -0.1) is 0 Å². The molecule has 0 saturated carbocycles. The zero-order chi connectivity index (χ0) is 14.9. The molecule has 2 rings (SSSR count). The van der Waals surface area contributed by atoms with Crippen molar-refractivity contribution < 1.29 is 14.3 Å². The molecule has 0 aromatic carbocycles. The van der Waals surface area contributed by atoms with E-state index in [1.807, 2.05) is 0 Å². The second kappa shape index (κ2) is 4.89. The number of imide groups is 1. The Kier molecular flexibility index (Phi) is 3.40. The predicted molar refractivity (Wildman–Crippen MR) is 68.8 cm³/mol. The van der Waals surface area contributed by atoms with Crippen LogP contribution in [0.4, 0.5) is 11.9 Å². The number of anilines is 2. The fraction of sp³-hybridized carbons (Fsp3) is 0.500. The Labute approximate surface area is 114 Å². The molecule has 0 bridgehead atoms. The molecular weight excluding hydrogens is 266 g/mol. The highest BCUT2D eigenvalue weighted by molar-refractivity contribution is 6.06. The summed E-state index contributed by atoms with van der Waals surface area (Å²) >= 11 is 0. The lowest BCUT2D eigenvalue weighted by atomic mass is 9.99. The van der Waals surface area contributed by atoms with Crippen molar-refractivity contribution in [3.05, 3.63) is 0 Å². The molecule has 0 aliphatic carbocycles. The molecular formula is C10H15N7O3. The maximum Gasteiger partial charge on any atom is 0.322 e. The van der Waals surface area contributed by atoms with E-state index in [1.165, 1.54) is 12.0 Å². The number of nitrogens with one attached hydrogen (secondary N) is 2. The number of amides is 2. The summed E-state index contributed by atoms with van der Waals surface area (Å²) in [6.45, 7) is 3.25. The minimum atomic E-state index is -0.994. The van der Waals surface area contributed by atoms with Gasteiger partial charge in [0.2, 0.25) is 17.8 Å². The van der Waals surface area contributed by atoms with Crippen molar-refractivity contribution >= 4 is 23.7 Å². The average Bonchev–Trinajstić information content (AvgIpc) is 2.42. The fourth-order valence-corrected chi connectivity index (χ4v) is 1.73. The topological polar surface area (TPSA) is 135 Å². The lowest BCUT2D eigenvalue weighted by Crippen LogP contribution is -2.64. The van der Waals surface area contributed by atoms with Gasteiger partial charge in [0.25, 0.3) is 5.91 Å². The summed E-state index contributed by atoms with van der Waals surface area (Å²) in [7, 11) is 1.39. The number of aromatic nitrogens is 3. The minimum Gasteiger partial charge on any atom is -0.467 e. The van der Waals surface area contributed by atoms with Gasteiger partial charge in [-0.25, -0.2) is 5.84 Å². The SMILES string of the molecule is COc1nc(NN)nc(N2CC(=O)NC(=O)C2(C)C)n1. The van der Waals surface area contributed by atoms with Gasteiger partial charge in [-0.3, -0.25) is 20.3 Å². The molecule has 1 aliphatic heterocycles. The number of piperazine rings is 1. The molecule has 1 fully saturated rings. The third-order valence-electron chi connectivity index (χ3n) is 2.94. The van der Waals surface area contributed by atoms with Gasteiger partial charge in [-0.1, -0.05) is 0 Å². The maximum absolute atomic E-state index is 11.9. The molecule has 0 unspecified atom stereocenters. The Bertz CT molecular complexity index is 538. The first-order chi connectivity index (χ1) is 9.38. The standard InChI is InChI=1S/C10H15N7O3/c1-10(2)6(19)12-5(18)4-17(10)8-13-7(16-11)14-9(15-8)20-3/h4,11H2,1-3H3,(H,12,18,19)(H,13,14,15,16). The molecule has 2 amide bonds. The Hall–Kier alpha value is -2.49. The Morgan fingerprint density at radius 1 is 1.35 bits per heavy atom. The molecule has 1 saturated heterocycles. The van der Waals surface area contributed by atoms with Crippen LogP contribution in [-0.2, 0) is 9.59 Å². The number of hydrogen-bond donors (Lipinski definition) is 3. The van der Waals surface area contributed by atoms with Crippen LogP contribution in [0.15, 0.2) is 0 Å². The largest absolute Gasteiger partial charge is 0.467 e. The zero-order valence-corrected chi connectivity index (χ0v) is 11.3. The van der Waals surface area contributed by atoms with E-state index in [0.717, 1.165) is 0 Å². The molecule has 0 radical (unpaired) electrons. The van der Waals surface area contributed by atoms with E-state index >= 15 is 0 Å². The quantitative estimate of drug-likeness (QED) is 0.340. The third kappa shape index (κ3) is 2.32. The van der Waals surface area contributed by atoms with Crippen LogP contribution >= 0.6 is 0 Å². The Morgan fingerprint density at radius 2 is 2.05 bits per heavy atom. The molecule has 1 aliphatic rings. The van der Waals surface area contributed by atoms with Crippen molar-refractivity contribution in [1.82, 2.24) is 20.3 Å². The predicted octanol–water partition coefficient (Wildman–Crippen LogP) is -1.59. The minimum absolute atomic E-state index is 0.0252. The smallest absolute Gasteiger partial charge is 0.322 e. The number of nitrogens with zero attached hydrogens (tertiary/aromatic N) is 4. The van der Waals surface area contributed by atoms with Gasteiger partial charge in [0.15, 0.2) is 0 Å². The highest BCUT2D eigenvalue weighted by Gasteiger charge is 2.42. The van der Waals surface area contributed by atoms with Crippen LogP contribution in [0.1, 0.15) is 13.8 Å². The molecule has 0 atom stereocenters. The highest BCUT2D eigenvalue weighted by Crippen LogP contribution is 2.25. The summed E-state index contributed by atoms with van der Waals surface area (Å²) in [5.74, 6) is 4.60. The van der Waals surface area contributed by atoms with Gasteiger partial charge in [0.05, 0.1) is 7.11 Å². The van der Waals surface area contributed by atoms with Gasteiger partial charge in [0, 0.05) is 0 Å². The number of hydrazine groups is 1. The molecule has 108 valence electrons. The number of nitrogen functional groups attached to an aromatic ring is 1. The number of ether oxygens (including phenoxy) is 1. The van der Waals surface area contributed by atoms with Crippen LogP contribution in [-0.4, -0.2) is 46.0 Å². The van der Waals surface area contributed by atoms with E-state index in [-0.39, 0.29) is 24.5 Å². The number of rotatable bonds is 3. The molecule has 1 aromatic rings. The van der Waals surface area contributed by atoms with Crippen LogP contribution in [0, 0.1) is 0 Å². The summed E-state index contributed by atoms with van der Waals surface area (Å²) in [4.78, 5) is 36.8. The van der Waals surface area contributed by atoms with Crippen LogP contribution in [0.2, 0.25) is 0 Å². The number of methoxy groups -OCH3 is 1. The van der Waals surface area contributed by atoms with Crippen LogP contribution in [0.3, 0.4) is 0 Å². The lowest BCUT2D eigenvalue weighted by Gasteiger charge is -2.39. The number of carbonyl (C=O) groups excluding carboxylic acids is 2. The van der Waals surface area contributed by atoms with Crippen molar-refractivity contribution in [2.24, 2.45) is 5.84 Å². The van der Waals surface area contributed by atoms with E-state index in [0.29, 0.717) is 0 Å². The van der Waals surface area contributed by atoms with Crippen molar-refractivity contribution in [3.8, 4) is 6.01 Å². The molecule has 1 aromatic heterocycles. The average molecular weight is 281 g/mol. The Morgan fingerprint density at radius 3 is 2.65 bits per heavy atom. The van der Waals surface area contributed by atoms with Crippen molar-refractivity contribution in [2.45, 2.75) is 19.4 Å². The normalized spacial score (nSPS) is 17.7. The van der Waals surface area contributed by atoms with Crippen LogP contribution < -0.4 is 26.2 Å². The molecule has 4 N–H and O–H groups in total. The van der Waals surface area contributed by atoms with Crippen molar-refractivity contribution in [2.75, 3.05) is 24.0 Å². The summed E-state index contributed by atoms with van der Waals surface area (Å²) < 4.78 is 4.94. The zero-order valence-electron chi connectivity index (χ0n) is 11.3. The lowest BCUT2D eigenvalue weighted by molar-refractivity contribution is -0.135. The maximum atomic E-state index is 11.9. The van der Waals surface area contributed by atoms with Crippen LogP contribution in [0.5, 0.6) is 6.01 Å². The second-order valence-corrected chi connectivity index (χ2v) is 4.61. The van der Waals surface area contributed by atoms with E-state index in [9.17, 15) is 9.59 Å². The summed E-state index contributed by atoms with van der Waals surface area (Å²) in [5.41, 5.74) is 1.28. The first-order valence-corrected chi connectivity index (χ1v) is 5.77. The van der Waals surface area contributed by atoms with Gasteiger partial charge < -0.3 is 9.64 Å². The monoisotopic (exact) mass is 281 g/mol.